The van der Waals surface area contributed by atoms with Crippen LogP contribution in [0.15, 0.2) is 24.9 Å². The molecule has 0 spiro atoms. The molecule has 0 unspecified atom stereocenters. The SMILES string of the molecule is CC(C)[C@@H](CO)Nc1nc(Nc2ccncn2)c2ncn(C(C)C)c2n1. The second-order valence-electron chi connectivity index (χ2n) is 6.71. The molecule has 0 aliphatic rings. The maximum atomic E-state index is 9.61. The number of fused-ring (bicyclic) bond motifs is 1. The summed E-state index contributed by atoms with van der Waals surface area (Å²) in [5.74, 6) is 1.83. The van der Waals surface area contributed by atoms with E-state index in [2.05, 4.69) is 49.4 Å². The van der Waals surface area contributed by atoms with E-state index in [4.69, 9.17) is 0 Å². The summed E-state index contributed by atoms with van der Waals surface area (Å²) < 4.78 is 1.98. The zero-order valence-electron chi connectivity index (χ0n) is 15.4. The van der Waals surface area contributed by atoms with Crippen molar-refractivity contribution in [2.75, 3.05) is 17.2 Å². The zero-order chi connectivity index (χ0) is 18.7. The van der Waals surface area contributed by atoms with Gasteiger partial charge in [0.1, 0.15) is 12.1 Å². The summed E-state index contributed by atoms with van der Waals surface area (Å²) in [7, 11) is 0. The van der Waals surface area contributed by atoms with E-state index in [0.717, 1.165) is 5.65 Å². The second kappa shape index (κ2) is 7.61. The van der Waals surface area contributed by atoms with Gasteiger partial charge in [-0.2, -0.15) is 9.97 Å². The fourth-order valence-corrected chi connectivity index (χ4v) is 2.52. The van der Waals surface area contributed by atoms with E-state index in [9.17, 15) is 5.11 Å². The van der Waals surface area contributed by atoms with Crippen LogP contribution in [-0.2, 0) is 0 Å². The smallest absolute Gasteiger partial charge is 0.227 e. The minimum atomic E-state index is -0.144. The molecule has 0 aliphatic carbocycles. The first-order valence-electron chi connectivity index (χ1n) is 8.64. The van der Waals surface area contributed by atoms with Gasteiger partial charge in [0.2, 0.25) is 5.95 Å². The lowest BCUT2D eigenvalue weighted by molar-refractivity contribution is 0.248. The molecule has 9 nitrogen and oxygen atoms in total. The highest BCUT2D eigenvalue weighted by atomic mass is 16.3. The van der Waals surface area contributed by atoms with Crippen LogP contribution in [0.3, 0.4) is 0 Å². The fourth-order valence-electron chi connectivity index (χ4n) is 2.52. The number of hydrogen-bond acceptors (Lipinski definition) is 8. The van der Waals surface area contributed by atoms with Crippen LogP contribution >= 0.6 is 0 Å². The van der Waals surface area contributed by atoms with Gasteiger partial charge in [0.25, 0.3) is 0 Å². The second-order valence-corrected chi connectivity index (χ2v) is 6.71. The summed E-state index contributed by atoms with van der Waals surface area (Å²) >= 11 is 0. The van der Waals surface area contributed by atoms with Gasteiger partial charge in [-0.15, -0.1) is 0 Å². The maximum absolute atomic E-state index is 9.61. The Morgan fingerprint density at radius 3 is 2.58 bits per heavy atom. The quantitative estimate of drug-likeness (QED) is 0.591. The van der Waals surface area contributed by atoms with E-state index in [-0.39, 0.29) is 24.6 Å². The number of aromatic nitrogens is 6. The lowest BCUT2D eigenvalue weighted by atomic mass is 10.1. The van der Waals surface area contributed by atoms with E-state index >= 15 is 0 Å². The van der Waals surface area contributed by atoms with Crippen molar-refractivity contribution in [3.05, 3.63) is 24.9 Å². The molecular formula is C17H24N8O. The topological polar surface area (TPSA) is 114 Å². The number of aliphatic hydroxyl groups is 1. The Morgan fingerprint density at radius 2 is 1.96 bits per heavy atom. The van der Waals surface area contributed by atoms with Gasteiger partial charge in [0.15, 0.2) is 17.0 Å². The summed E-state index contributed by atoms with van der Waals surface area (Å²) in [6.45, 7) is 8.20. The Balaban J connectivity index is 2.06. The summed E-state index contributed by atoms with van der Waals surface area (Å²) in [5.41, 5.74) is 1.38. The standard InChI is InChI=1S/C17H24N8O/c1-10(2)12(7-26)21-17-23-15(22-13-5-6-18-8-19-13)14-16(24-17)25(9-20-14)11(3)4/h5-6,8-12,26H,7H2,1-4H3,(H2,18,19,21,22,23,24)/t12-/m1/s1. The van der Waals surface area contributed by atoms with Crippen LogP contribution in [0.1, 0.15) is 33.7 Å². The normalized spacial score (nSPS) is 12.7. The van der Waals surface area contributed by atoms with Crippen LogP contribution in [-0.4, -0.2) is 47.2 Å². The van der Waals surface area contributed by atoms with E-state index < -0.39 is 0 Å². The van der Waals surface area contributed by atoms with E-state index in [1.54, 1.807) is 18.6 Å². The maximum Gasteiger partial charge on any atom is 0.227 e. The van der Waals surface area contributed by atoms with Crippen molar-refractivity contribution in [3.8, 4) is 0 Å². The molecule has 9 heteroatoms. The number of anilines is 3. The first-order chi connectivity index (χ1) is 12.5. The highest BCUT2D eigenvalue weighted by Crippen LogP contribution is 2.25. The van der Waals surface area contributed by atoms with Gasteiger partial charge < -0.3 is 20.3 Å². The predicted octanol–water partition coefficient (Wildman–Crippen LogP) is 2.37. The number of nitrogens with one attached hydrogen (secondary N) is 2. The summed E-state index contributed by atoms with van der Waals surface area (Å²) in [6, 6.07) is 1.81. The Morgan fingerprint density at radius 1 is 1.15 bits per heavy atom. The van der Waals surface area contributed by atoms with Gasteiger partial charge in [0.05, 0.1) is 19.0 Å². The van der Waals surface area contributed by atoms with Crippen molar-refractivity contribution in [2.45, 2.75) is 39.8 Å². The highest BCUT2D eigenvalue weighted by molar-refractivity contribution is 5.86. The molecular weight excluding hydrogens is 332 g/mol. The largest absolute Gasteiger partial charge is 0.394 e. The Labute approximate surface area is 152 Å². The first-order valence-corrected chi connectivity index (χ1v) is 8.64. The van der Waals surface area contributed by atoms with Crippen molar-refractivity contribution in [2.24, 2.45) is 5.92 Å². The number of hydrogen-bond donors (Lipinski definition) is 3. The zero-order valence-corrected chi connectivity index (χ0v) is 15.4. The molecule has 3 heterocycles. The van der Waals surface area contributed by atoms with E-state index in [1.807, 2.05) is 18.4 Å². The Hall–Kier alpha value is -2.81. The third kappa shape index (κ3) is 3.72. The monoisotopic (exact) mass is 356 g/mol. The average Bonchev–Trinajstić information content (AvgIpc) is 3.04. The third-order valence-corrected chi connectivity index (χ3v) is 4.12. The number of aliphatic hydroxyl groups excluding tert-OH is 1. The third-order valence-electron chi connectivity index (χ3n) is 4.12. The molecule has 0 bridgehead atoms. The van der Waals surface area contributed by atoms with Gasteiger partial charge >= 0.3 is 0 Å². The molecule has 0 saturated heterocycles. The number of rotatable bonds is 7. The highest BCUT2D eigenvalue weighted by Gasteiger charge is 2.18. The molecule has 0 saturated carbocycles. The van der Waals surface area contributed by atoms with Gasteiger partial charge in [-0.05, 0) is 25.8 Å². The molecule has 3 aromatic heterocycles. The van der Waals surface area contributed by atoms with Gasteiger partial charge in [-0.1, -0.05) is 13.8 Å². The molecule has 0 amide bonds. The van der Waals surface area contributed by atoms with E-state index in [0.29, 0.717) is 23.1 Å². The van der Waals surface area contributed by atoms with Crippen molar-refractivity contribution in [1.82, 2.24) is 29.5 Å². The van der Waals surface area contributed by atoms with Gasteiger partial charge in [-0.3, -0.25) is 0 Å². The van der Waals surface area contributed by atoms with Crippen LogP contribution in [0.4, 0.5) is 17.6 Å². The number of nitrogens with zero attached hydrogens (tertiary/aromatic N) is 6. The van der Waals surface area contributed by atoms with Crippen LogP contribution in [0.25, 0.3) is 11.2 Å². The number of imidazole rings is 1. The van der Waals surface area contributed by atoms with Crippen molar-refractivity contribution >= 4 is 28.7 Å². The Kier molecular flexibility index (Phi) is 5.27. The minimum absolute atomic E-state index is 0.00280. The fraction of sp³-hybridized carbons (Fsp3) is 0.471. The molecule has 0 radical (unpaired) electrons. The van der Waals surface area contributed by atoms with Crippen molar-refractivity contribution < 1.29 is 5.11 Å². The molecule has 0 aliphatic heterocycles. The molecule has 3 N–H and O–H groups in total. The van der Waals surface area contributed by atoms with Crippen LogP contribution in [0, 0.1) is 5.92 Å². The molecule has 0 fully saturated rings. The van der Waals surface area contributed by atoms with Crippen LogP contribution in [0.5, 0.6) is 0 Å². The molecule has 0 aromatic carbocycles. The molecule has 3 aromatic rings. The van der Waals surface area contributed by atoms with Crippen LogP contribution in [0.2, 0.25) is 0 Å². The molecule has 1 atom stereocenters. The molecule has 26 heavy (non-hydrogen) atoms. The predicted molar refractivity (Wildman–Crippen MR) is 100 cm³/mol. The first kappa shape index (κ1) is 18.0. The lowest BCUT2D eigenvalue weighted by Gasteiger charge is -2.20. The minimum Gasteiger partial charge on any atom is -0.394 e. The Bertz CT molecular complexity index is 862. The van der Waals surface area contributed by atoms with E-state index in [1.165, 1.54) is 6.33 Å². The molecule has 138 valence electrons. The van der Waals surface area contributed by atoms with Crippen LogP contribution < -0.4 is 10.6 Å². The van der Waals surface area contributed by atoms with Gasteiger partial charge in [0, 0.05) is 12.2 Å². The van der Waals surface area contributed by atoms with Gasteiger partial charge in [-0.25, -0.2) is 15.0 Å². The summed E-state index contributed by atoms with van der Waals surface area (Å²) in [4.78, 5) is 21.7. The average molecular weight is 356 g/mol. The van der Waals surface area contributed by atoms with Crippen molar-refractivity contribution in [1.29, 1.82) is 0 Å². The summed E-state index contributed by atoms with van der Waals surface area (Å²) in [6.07, 6.45) is 4.87. The lowest BCUT2D eigenvalue weighted by Crippen LogP contribution is -2.30. The van der Waals surface area contributed by atoms with Crippen molar-refractivity contribution in [3.63, 3.8) is 0 Å². The summed E-state index contributed by atoms with van der Waals surface area (Å²) in [5, 5.41) is 16.0. The molecule has 3 rings (SSSR count).